The Hall–Kier alpha value is -3.48. The largest absolute Gasteiger partial charge is 0.452 e. The van der Waals surface area contributed by atoms with Crippen molar-refractivity contribution < 1.29 is 14.3 Å². The molecule has 1 aromatic heterocycles. The maximum atomic E-state index is 12.5. The van der Waals surface area contributed by atoms with Crippen molar-refractivity contribution in [3.05, 3.63) is 69.6 Å². The van der Waals surface area contributed by atoms with Gasteiger partial charge < -0.3 is 14.2 Å². The van der Waals surface area contributed by atoms with Crippen LogP contribution in [0, 0.1) is 6.92 Å². The lowest BCUT2D eigenvalue weighted by atomic mass is 10.2. The maximum Gasteiger partial charge on any atom is 0.338 e. The normalized spacial score (nSPS) is 12.8. The van der Waals surface area contributed by atoms with Gasteiger partial charge in [0, 0.05) is 18.8 Å². The first-order valence-corrected chi connectivity index (χ1v) is 9.56. The van der Waals surface area contributed by atoms with Crippen LogP contribution in [0.1, 0.15) is 28.5 Å². The van der Waals surface area contributed by atoms with E-state index in [-0.39, 0.29) is 18.1 Å². The van der Waals surface area contributed by atoms with Crippen LogP contribution in [0.15, 0.2) is 47.3 Å². The third-order valence-electron chi connectivity index (χ3n) is 5.18. The average Bonchev–Trinajstić information content (AvgIpc) is 3.16. The van der Waals surface area contributed by atoms with Crippen LogP contribution in [0.2, 0.25) is 0 Å². The summed E-state index contributed by atoms with van der Waals surface area (Å²) in [6, 6.07) is 12.6. The number of nitrogens with zero attached hydrogens (tertiary/aromatic N) is 3. The van der Waals surface area contributed by atoms with Crippen molar-refractivity contribution in [3.63, 3.8) is 0 Å². The lowest BCUT2D eigenvalue weighted by Gasteiger charge is -2.17. The van der Waals surface area contributed by atoms with E-state index < -0.39 is 5.97 Å². The molecule has 0 aliphatic carbocycles. The van der Waals surface area contributed by atoms with Crippen molar-refractivity contribution in [2.24, 2.45) is 0 Å². The fraction of sp³-hybridized carbons (Fsp3) is 0.273. The highest BCUT2D eigenvalue weighted by Gasteiger charge is 2.25. The van der Waals surface area contributed by atoms with Gasteiger partial charge in [-0.25, -0.2) is 9.78 Å². The summed E-state index contributed by atoms with van der Waals surface area (Å²) in [6.07, 6.45) is 0.796. The SMILES string of the molecule is CCn1c(=O)c(C)nc2cc(C(=O)OCC(=O)N3CCc4ccccc43)ccc21. The number of esters is 1. The summed E-state index contributed by atoms with van der Waals surface area (Å²) >= 11 is 0. The van der Waals surface area contributed by atoms with Crippen molar-refractivity contribution in [2.45, 2.75) is 26.8 Å². The Bertz CT molecular complexity index is 1180. The first-order valence-electron chi connectivity index (χ1n) is 9.56. The van der Waals surface area contributed by atoms with E-state index in [0.717, 1.165) is 17.7 Å². The number of ether oxygens (including phenoxy) is 1. The molecule has 0 atom stereocenters. The number of carbonyl (C=O) groups excluding carboxylic acids is 2. The van der Waals surface area contributed by atoms with Crippen LogP contribution < -0.4 is 10.5 Å². The summed E-state index contributed by atoms with van der Waals surface area (Å²) in [5, 5.41) is 0. The molecule has 1 aliphatic heterocycles. The summed E-state index contributed by atoms with van der Waals surface area (Å²) in [6.45, 7) is 4.29. The second-order valence-corrected chi connectivity index (χ2v) is 6.95. The van der Waals surface area contributed by atoms with Crippen molar-refractivity contribution >= 4 is 28.6 Å². The first-order chi connectivity index (χ1) is 14.0. The van der Waals surface area contributed by atoms with Gasteiger partial charge in [0.05, 0.1) is 16.6 Å². The number of aromatic nitrogens is 2. The predicted octanol–water partition coefficient (Wildman–Crippen LogP) is 2.47. The molecule has 0 N–H and O–H groups in total. The molecule has 4 rings (SSSR count). The molecule has 0 saturated heterocycles. The van der Waals surface area contributed by atoms with E-state index in [1.165, 1.54) is 0 Å². The number of benzene rings is 2. The Morgan fingerprint density at radius 1 is 1.17 bits per heavy atom. The van der Waals surface area contributed by atoms with E-state index in [9.17, 15) is 14.4 Å². The van der Waals surface area contributed by atoms with E-state index in [4.69, 9.17) is 4.74 Å². The van der Waals surface area contributed by atoms with Gasteiger partial charge in [-0.3, -0.25) is 9.59 Å². The van der Waals surface area contributed by atoms with Crippen LogP contribution in [0.25, 0.3) is 11.0 Å². The van der Waals surface area contributed by atoms with Gasteiger partial charge in [-0.05, 0) is 50.1 Å². The van der Waals surface area contributed by atoms with Crippen molar-refractivity contribution in [2.75, 3.05) is 18.1 Å². The number of aryl methyl sites for hydroxylation is 2. The molecule has 3 aromatic rings. The van der Waals surface area contributed by atoms with Crippen LogP contribution in [-0.4, -0.2) is 34.6 Å². The molecule has 29 heavy (non-hydrogen) atoms. The van der Waals surface area contributed by atoms with E-state index in [2.05, 4.69) is 4.98 Å². The van der Waals surface area contributed by atoms with E-state index in [1.54, 1.807) is 34.6 Å². The molecular formula is C22H21N3O4. The minimum Gasteiger partial charge on any atom is -0.452 e. The van der Waals surface area contributed by atoms with Gasteiger partial charge in [-0.1, -0.05) is 18.2 Å². The van der Waals surface area contributed by atoms with Crippen LogP contribution in [0.4, 0.5) is 5.69 Å². The number of para-hydroxylation sites is 1. The van der Waals surface area contributed by atoms with Crippen LogP contribution in [-0.2, 0) is 22.5 Å². The molecule has 148 valence electrons. The minimum absolute atomic E-state index is 0.146. The molecule has 0 bridgehead atoms. The molecule has 7 heteroatoms. The third kappa shape index (κ3) is 3.40. The Labute approximate surface area is 167 Å². The number of amides is 1. The highest BCUT2D eigenvalue weighted by Crippen LogP contribution is 2.27. The van der Waals surface area contributed by atoms with Crippen LogP contribution >= 0.6 is 0 Å². The minimum atomic E-state index is -0.596. The number of hydrogen-bond donors (Lipinski definition) is 0. The fourth-order valence-electron chi connectivity index (χ4n) is 3.70. The summed E-state index contributed by atoms with van der Waals surface area (Å²) in [7, 11) is 0. The standard InChI is InChI=1S/C22H21N3O4/c1-3-24-19-9-8-16(12-17(19)23-14(2)21(24)27)22(28)29-13-20(26)25-11-10-15-6-4-5-7-18(15)25/h4-9,12H,3,10-11,13H2,1-2H3. The molecule has 0 fully saturated rings. The second kappa shape index (κ2) is 7.50. The maximum absolute atomic E-state index is 12.5. The molecule has 0 spiro atoms. The van der Waals surface area contributed by atoms with Gasteiger partial charge >= 0.3 is 5.97 Å². The van der Waals surface area contributed by atoms with E-state index in [0.29, 0.717) is 35.4 Å². The van der Waals surface area contributed by atoms with Crippen molar-refractivity contribution in [1.82, 2.24) is 9.55 Å². The molecular weight excluding hydrogens is 370 g/mol. The lowest BCUT2D eigenvalue weighted by Crippen LogP contribution is -2.33. The highest BCUT2D eigenvalue weighted by atomic mass is 16.5. The second-order valence-electron chi connectivity index (χ2n) is 6.95. The van der Waals surface area contributed by atoms with Crippen LogP contribution in [0.5, 0.6) is 0 Å². The summed E-state index contributed by atoms with van der Waals surface area (Å²) in [5.74, 6) is -0.848. The Morgan fingerprint density at radius 3 is 2.76 bits per heavy atom. The average molecular weight is 391 g/mol. The molecule has 7 nitrogen and oxygen atoms in total. The Morgan fingerprint density at radius 2 is 1.97 bits per heavy atom. The van der Waals surface area contributed by atoms with Crippen molar-refractivity contribution in [1.29, 1.82) is 0 Å². The van der Waals surface area contributed by atoms with Gasteiger partial charge in [0.25, 0.3) is 11.5 Å². The first kappa shape index (κ1) is 18.9. The van der Waals surface area contributed by atoms with Gasteiger partial charge in [0.15, 0.2) is 6.61 Å². The number of carbonyl (C=O) groups is 2. The van der Waals surface area contributed by atoms with Gasteiger partial charge in [0.2, 0.25) is 0 Å². The zero-order valence-corrected chi connectivity index (χ0v) is 16.3. The molecule has 0 unspecified atom stereocenters. The number of hydrogen-bond acceptors (Lipinski definition) is 5. The molecule has 0 radical (unpaired) electrons. The highest BCUT2D eigenvalue weighted by molar-refractivity contribution is 5.99. The molecule has 1 amide bonds. The number of anilines is 1. The van der Waals surface area contributed by atoms with E-state index >= 15 is 0 Å². The molecule has 2 aromatic carbocycles. The Balaban J connectivity index is 1.50. The predicted molar refractivity (Wildman–Crippen MR) is 109 cm³/mol. The third-order valence-corrected chi connectivity index (χ3v) is 5.18. The van der Waals surface area contributed by atoms with Gasteiger partial charge in [-0.2, -0.15) is 0 Å². The summed E-state index contributed by atoms with van der Waals surface area (Å²) in [5.41, 5.74) is 3.70. The van der Waals surface area contributed by atoms with Crippen LogP contribution in [0.3, 0.4) is 0 Å². The fourth-order valence-corrected chi connectivity index (χ4v) is 3.70. The molecule has 1 aliphatic rings. The number of rotatable bonds is 4. The topological polar surface area (TPSA) is 81.5 Å². The zero-order chi connectivity index (χ0) is 20.5. The lowest BCUT2D eigenvalue weighted by molar-refractivity contribution is -0.121. The number of fused-ring (bicyclic) bond motifs is 2. The van der Waals surface area contributed by atoms with Gasteiger partial charge in [-0.15, -0.1) is 0 Å². The van der Waals surface area contributed by atoms with Crippen molar-refractivity contribution in [3.8, 4) is 0 Å². The Kier molecular flexibility index (Phi) is 4.88. The molecule has 2 heterocycles. The monoisotopic (exact) mass is 391 g/mol. The summed E-state index contributed by atoms with van der Waals surface area (Å²) < 4.78 is 6.86. The quantitative estimate of drug-likeness (QED) is 0.638. The van der Waals surface area contributed by atoms with Gasteiger partial charge in [0.1, 0.15) is 5.69 Å². The smallest absolute Gasteiger partial charge is 0.338 e. The molecule has 0 saturated carbocycles. The van der Waals surface area contributed by atoms with E-state index in [1.807, 2.05) is 31.2 Å². The summed E-state index contributed by atoms with van der Waals surface area (Å²) in [4.78, 5) is 43.1. The zero-order valence-electron chi connectivity index (χ0n) is 16.3.